The van der Waals surface area contributed by atoms with Crippen molar-refractivity contribution in [3.8, 4) is 17.1 Å². The van der Waals surface area contributed by atoms with Gasteiger partial charge in [-0.15, -0.1) is 0 Å². The maximum Gasteiger partial charge on any atom is 0.274 e. The Balaban J connectivity index is 1.55. The van der Waals surface area contributed by atoms with Gasteiger partial charge in [-0.3, -0.25) is 9.89 Å². The number of hydrogen-bond donors (Lipinski definition) is 2. The molecule has 0 saturated carbocycles. The van der Waals surface area contributed by atoms with Gasteiger partial charge >= 0.3 is 0 Å². The van der Waals surface area contributed by atoms with Crippen molar-refractivity contribution < 1.29 is 4.79 Å². The topological polar surface area (TPSA) is 101 Å². The maximum atomic E-state index is 12.5. The van der Waals surface area contributed by atoms with E-state index in [2.05, 4.69) is 30.6 Å². The number of aryl methyl sites for hydroxylation is 2. The van der Waals surface area contributed by atoms with E-state index in [-0.39, 0.29) is 5.91 Å². The zero-order chi connectivity index (χ0) is 18.8. The minimum atomic E-state index is -0.329. The second-order valence-electron chi connectivity index (χ2n) is 6.15. The molecule has 4 aromatic rings. The van der Waals surface area contributed by atoms with Gasteiger partial charge in [-0.25, -0.2) is 14.6 Å². The summed E-state index contributed by atoms with van der Waals surface area (Å²) in [4.78, 5) is 20.8. The number of aromatic amines is 1. The van der Waals surface area contributed by atoms with Gasteiger partial charge in [0.2, 0.25) is 0 Å². The number of anilines is 1. The number of nitrogens with zero attached hydrogens (tertiary/aromatic N) is 5. The molecule has 0 radical (unpaired) electrons. The highest BCUT2D eigenvalue weighted by atomic mass is 16.2. The molecule has 0 atom stereocenters. The van der Waals surface area contributed by atoms with Crippen molar-refractivity contribution in [3.05, 3.63) is 71.9 Å². The van der Waals surface area contributed by atoms with E-state index in [1.807, 2.05) is 32.0 Å². The number of aromatic nitrogens is 6. The van der Waals surface area contributed by atoms with Gasteiger partial charge in [-0.1, -0.05) is 17.7 Å². The molecule has 0 spiro atoms. The average Bonchev–Trinajstić information content (AvgIpc) is 3.36. The third-order valence-electron chi connectivity index (χ3n) is 4.12. The van der Waals surface area contributed by atoms with Crippen LogP contribution in [0.25, 0.3) is 17.1 Å². The van der Waals surface area contributed by atoms with Gasteiger partial charge in [0.15, 0.2) is 5.82 Å². The number of nitrogens with one attached hydrogen (secondary N) is 2. The molecule has 3 heterocycles. The number of benzene rings is 1. The molecule has 2 N–H and O–H groups in total. The highest BCUT2D eigenvalue weighted by Gasteiger charge is 2.14. The number of hydrogen-bond acceptors (Lipinski definition) is 5. The first-order valence-corrected chi connectivity index (χ1v) is 8.36. The van der Waals surface area contributed by atoms with Gasteiger partial charge in [-0.05, 0) is 37.6 Å². The molecule has 1 aromatic carbocycles. The van der Waals surface area contributed by atoms with Crippen LogP contribution < -0.4 is 5.32 Å². The number of H-pyrrole nitrogens is 1. The summed E-state index contributed by atoms with van der Waals surface area (Å²) in [6.45, 7) is 4.04. The van der Waals surface area contributed by atoms with E-state index < -0.39 is 0 Å². The molecular weight excluding hydrogens is 342 g/mol. The van der Waals surface area contributed by atoms with Crippen molar-refractivity contribution in [2.75, 3.05) is 5.32 Å². The van der Waals surface area contributed by atoms with Crippen molar-refractivity contribution in [3.63, 3.8) is 0 Å². The van der Waals surface area contributed by atoms with E-state index in [1.165, 1.54) is 6.33 Å². The van der Waals surface area contributed by atoms with Crippen LogP contribution in [0.15, 0.2) is 55.1 Å². The third-order valence-corrected chi connectivity index (χ3v) is 4.12. The predicted octanol–water partition coefficient (Wildman–Crippen LogP) is 2.92. The molecule has 0 aliphatic carbocycles. The molecule has 8 nitrogen and oxygen atoms in total. The smallest absolute Gasteiger partial charge is 0.274 e. The molecule has 8 heteroatoms. The molecule has 0 bridgehead atoms. The van der Waals surface area contributed by atoms with E-state index in [4.69, 9.17) is 0 Å². The van der Waals surface area contributed by atoms with Gasteiger partial charge < -0.3 is 5.32 Å². The third kappa shape index (κ3) is 3.45. The van der Waals surface area contributed by atoms with Crippen LogP contribution >= 0.6 is 0 Å². The summed E-state index contributed by atoms with van der Waals surface area (Å²) in [6.07, 6.45) is 4.79. The molecular formula is C19H17N7O. The van der Waals surface area contributed by atoms with Gasteiger partial charge in [0.05, 0.1) is 5.69 Å². The van der Waals surface area contributed by atoms with Crippen LogP contribution in [0, 0.1) is 13.8 Å². The van der Waals surface area contributed by atoms with Crippen LogP contribution in [-0.4, -0.2) is 35.9 Å². The number of amides is 1. The SMILES string of the molecule is Cc1ccc(C)c(-c2cc(C(=O)Nc3cc(-n4cccn4)ncn3)[nH]n2)c1. The van der Waals surface area contributed by atoms with Crippen LogP contribution in [0.1, 0.15) is 21.6 Å². The zero-order valence-electron chi connectivity index (χ0n) is 14.8. The number of carbonyl (C=O) groups excluding carboxylic acids is 1. The van der Waals surface area contributed by atoms with Gasteiger partial charge in [0.25, 0.3) is 5.91 Å². The quantitative estimate of drug-likeness (QED) is 0.583. The fraction of sp³-hybridized carbons (Fsp3) is 0.105. The van der Waals surface area contributed by atoms with Gasteiger partial charge in [0, 0.05) is 24.0 Å². The van der Waals surface area contributed by atoms with Crippen molar-refractivity contribution in [2.24, 2.45) is 0 Å². The lowest BCUT2D eigenvalue weighted by atomic mass is 10.0. The number of carbonyl (C=O) groups is 1. The minimum Gasteiger partial charge on any atom is -0.305 e. The summed E-state index contributed by atoms with van der Waals surface area (Å²) in [5, 5.41) is 13.9. The lowest BCUT2D eigenvalue weighted by molar-refractivity contribution is 0.102. The fourth-order valence-corrected chi connectivity index (χ4v) is 2.72. The predicted molar refractivity (Wildman–Crippen MR) is 101 cm³/mol. The second kappa shape index (κ2) is 6.83. The molecule has 4 rings (SSSR count). The monoisotopic (exact) mass is 359 g/mol. The van der Waals surface area contributed by atoms with Crippen molar-refractivity contribution >= 4 is 11.7 Å². The Kier molecular flexibility index (Phi) is 4.21. The normalized spacial score (nSPS) is 10.7. The summed E-state index contributed by atoms with van der Waals surface area (Å²) in [6, 6.07) is 11.3. The van der Waals surface area contributed by atoms with E-state index in [0.717, 1.165) is 22.4 Å². The Morgan fingerprint density at radius 3 is 2.85 bits per heavy atom. The standard InChI is InChI=1S/C19H17N7O/c1-12-4-5-13(2)14(8-12)15-9-16(25-24-15)19(27)23-17-10-18(21-11-20-17)26-7-3-6-22-26/h3-11H,1-2H3,(H,24,25)(H,20,21,23,27). The Bertz CT molecular complexity index is 1100. The summed E-state index contributed by atoms with van der Waals surface area (Å²) < 4.78 is 1.59. The molecule has 0 aliphatic rings. The molecule has 0 unspecified atom stereocenters. The Morgan fingerprint density at radius 2 is 2.04 bits per heavy atom. The van der Waals surface area contributed by atoms with Crippen LogP contribution in [0.2, 0.25) is 0 Å². The molecule has 0 saturated heterocycles. The van der Waals surface area contributed by atoms with Crippen LogP contribution in [0.4, 0.5) is 5.82 Å². The Hall–Kier alpha value is -3.81. The lowest BCUT2D eigenvalue weighted by Gasteiger charge is -2.05. The average molecular weight is 359 g/mol. The first-order chi connectivity index (χ1) is 13.1. The number of rotatable bonds is 4. The van der Waals surface area contributed by atoms with Gasteiger partial charge in [-0.2, -0.15) is 10.2 Å². The zero-order valence-corrected chi connectivity index (χ0v) is 14.8. The molecule has 134 valence electrons. The summed E-state index contributed by atoms with van der Waals surface area (Å²) in [5.74, 6) is 0.610. The fourth-order valence-electron chi connectivity index (χ4n) is 2.72. The second-order valence-corrected chi connectivity index (χ2v) is 6.15. The first kappa shape index (κ1) is 16.6. The van der Waals surface area contributed by atoms with Crippen LogP contribution in [0.3, 0.4) is 0 Å². The highest BCUT2D eigenvalue weighted by molar-refractivity contribution is 6.03. The van der Waals surface area contributed by atoms with E-state index >= 15 is 0 Å². The summed E-state index contributed by atoms with van der Waals surface area (Å²) >= 11 is 0. The molecule has 1 amide bonds. The lowest BCUT2D eigenvalue weighted by Crippen LogP contribution is -2.14. The molecule has 0 aliphatic heterocycles. The molecule has 27 heavy (non-hydrogen) atoms. The molecule has 3 aromatic heterocycles. The first-order valence-electron chi connectivity index (χ1n) is 8.36. The highest BCUT2D eigenvalue weighted by Crippen LogP contribution is 2.23. The van der Waals surface area contributed by atoms with Crippen LogP contribution in [-0.2, 0) is 0 Å². The molecule has 0 fully saturated rings. The Morgan fingerprint density at radius 1 is 1.15 bits per heavy atom. The van der Waals surface area contributed by atoms with E-state index in [1.54, 1.807) is 35.3 Å². The maximum absolute atomic E-state index is 12.5. The van der Waals surface area contributed by atoms with Gasteiger partial charge in [0.1, 0.15) is 17.8 Å². The van der Waals surface area contributed by atoms with Crippen molar-refractivity contribution in [2.45, 2.75) is 13.8 Å². The van der Waals surface area contributed by atoms with Crippen LogP contribution in [0.5, 0.6) is 0 Å². The summed E-state index contributed by atoms with van der Waals surface area (Å²) in [5.41, 5.74) is 4.30. The van der Waals surface area contributed by atoms with Crippen molar-refractivity contribution in [1.82, 2.24) is 29.9 Å². The van der Waals surface area contributed by atoms with E-state index in [0.29, 0.717) is 17.3 Å². The van der Waals surface area contributed by atoms with Crippen molar-refractivity contribution in [1.29, 1.82) is 0 Å². The largest absolute Gasteiger partial charge is 0.305 e. The minimum absolute atomic E-state index is 0.329. The van der Waals surface area contributed by atoms with E-state index in [9.17, 15) is 4.79 Å². The Labute approximate surface area is 155 Å². The summed E-state index contributed by atoms with van der Waals surface area (Å²) in [7, 11) is 0.